The number of carbonyl (C=O) groups is 2. The van der Waals surface area contributed by atoms with Gasteiger partial charge in [0.25, 0.3) is 0 Å². The standard InChI is InChI=1S/C36H48ClN9O2/c1-4-33(47)41-29-7-5-6-26(18-29)20-38-35-32(37)22-39-36(43-35)42-30-21-40-46(23-30)13-10-44-8-11-45(12-9-44)34(48)19-31-25(3)16-27-14-24(2)15-28(31)17-27/h4-7,18,21-25,27-28,31H,1,8-17,19-20H2,2-3H3,(H,41,47)(H2,38,39,42,43)/t24-,25+,27-,28-,31?/m0/s1. The smallest absolute Gasteiger partial charge is 0.247 e. The van der Waals surface area contributed by atoms with Crippen molar-refractivity contribution in [2.24, 2.45) is 29.6 Å². The average Bonchev–Trinajstić information content (AvgIpc) is 3.53. The number of carbonyl (C=O) groups excluding carboxylic acids is 2. The Kier molecular flexibility index (Phi) is 11.0. The van der Waals surface area contributed by atoms with Gasteiger partial charge in [-0.2, -0.15) is 10.1 Å². The number of fused-ring (bicyclic) bond motifs is 2. The summed E-state index contributed by atoms with van der Waals surface area (Å²) in [4.78, 5) is 38.4. The Morgan fingerprint density at radius 2 is 1.88 bits per heavy atom. The Hall–Kier alpha value is -3.96. The average molecular weight is 674 g/mol. The molecule has 1 aliphatic heterocycles. The Balaban J connectivity index is 0.941. The second-order valence-corrected chi connectivity index (χ2v) is 14.4. The summed E-state index contributed by atoms with van der Waals surface area (Å²) in [5, 5.41) is 14.1. The molecule has 2 bridgehead atoms. The molecular formula is C36H48ClN9O2. The zero-order valence-electron chi connectivity index (χ0n) is 28.1. The molecule has 2 aliphatic carbocycles. The number of anilines is 4. The van der Waals surface area contributed by atoms with Gasteiger partial charge in [-0.3, -0.25) is 19.2 Å². The van der Waals surface area contributed by atoms with Crippen molar-refractivity contribution in [2.75, 3.05) is 48.7 Å². The van der Waals surface area contributed by atoms with Crippen molar-refractivity contribution < 1.29 is 9.59 Å². The van der Waals surface area contributed by atoms with E-state index in [-0.39, 0.29) is 5.91 Å². The highest BCUT2D eigenvalue weighted by atomic mass is 35.5. The first kappa shape index (κ1) is 33.9. The van der Waals surface area contributed by atoms with E-state index < -0.39 is 0 Å². The summed E-state index contributed by atoms with van der Waals surface area (Å²) >= 11 is 6.38. The van der Waals surface area contributed by atoms with Crippen molar-refractivity contribution in [3.63, 3.8) is 0 Å². The van der Waals surface area contributed by atoms with Crippen molar-refractivity contribution in [1.82, 2.24) is 29.5 Å². The van der Waals surface area contributed by atoms with Crippen LogP contribution in [0.1, 0.15) is 51.5 Å². The first-order valence-corrected chi connectivity index (χ1v) is 17.7. The molecule has 12 heteroatoms. The van der Waals surface area contributed by atoms with Crippen molar-refractivity contribution >= 4 is 46.6 Å². The largest absolute Gasteiger partial charge is 0.365 e. The van der Waals surface area contributed by atoms with Crippen LogP contribution in [-0.2, 0) is 22.7 Å². The van der Waals surface area contributed by atoms with Gasteiger partial charge in [-0.1, -0.05) is 44.2 Å². The zero-order valence-corrected chi connectivity index (χ0v) is 28.8. The van der Waals surface area contributed by atoms with Crippen LogP contribution in [0.25, 0.3) is 0 Å². The van der Waals surface area contributed by atoms with E-state index in [1.807, 2.05) is 35.1 Å². The van der Waals surface area contributed by atoms with Crippen molar-refractivity contribution in [2.45, 2.75) is 59.0 Å². The number of amides is 2. The Morgan fingerprint density at radius 1 is 1.04 bits per heavy atom. The molecule has 2 saturated carbocycles. The van der Waals surface area contributed by atoms with Gasteiger partial charge in [0.1, 0.15) is 5.02 Å². The lowest BCUT2D eigenvalue weighted by Gasteiger charge is -2.47. The van der Waals surface area contributed by atoms with Crippen LogP contribution in [-0.4, -0.2) is 74.1 Å². The predicted octanol–water partition coefficient (Wildman–Crippen LogP) is 6.05. The van der Waals surface area contributed by atoms with Crippen molar-refractivity contribution in [1.29, 1.82) is 0 Å². The number of hydrogen-bond acceptors (Lipinski definition) is 8. The highest BCUT2D eigenvalue weighted by Crippen LogP contribution is 2.49. The summed E-state index contributed by atoms with van der Waals surface area (Å²) < 4.78 is 1.91. The minimum Gasteiger partial charge on any atom is -0.365 e. The summed E-state index contributed by atoms with van der Waals surface area (Å²) in [7, 11) is 0. The lowest BCUT2D eigenvalue weighted by molar-refractivity contribution is -0.136. The van der Waals surface area contributed by atoms with Crippen LogP contribution in [0.3, 0.4) is 0 Å². The molecule has 1 unspecified atom stereocenters. The lowest BCUT2D eigenvalue weighted by Crippen LogP contribution is -2.50. The summed E-state index contributed by atoms with van der Waals surface area (Å²) in [5.74, 6) is 4.63. The molecule has 0 spiro atoms. The van der Waals surface area contributed by atoms with Crippen molar-refractivity contribution in [3.05, 3.63) is 66.1 Å². The van der Waals surface area contributed by atoms with E-state index in [4.69, 9.17) is 11.6 Å². The Morgan fingerprint density at radius 3 is 2.69 bits per heavy atom. The number of rotatable bonds is 12. The fourth-order valence-electron chi connectivity index (χ4n) is 8.04. The first-order valence-electron chi connectivity index (χ1n) is 17.3. The van der Waals surface area contributed by atoms with Crippen LogP contribution in [0.15, 0.2) is 55.5 Å². The van der Waals surface area contributed by atoms with Crippen LogP contribution in [0.5, 0.6) is 0 Å². The molecule has 2 amide bonds. The van der Waals surface area contributed by atoms with Crippen molar-refractivity contribution in [3.8, 4) is 0 Å². The summed E-state index contributed by atoms with van der Waals surface area (Å²) in [6.07, 6.45) is 12.5. The second kappa shape index (κ2) is 15.5. The maximum atomic E-state index is 13.3. The van der Waals surface area contributed by atoms with Gasteiger partial charge in [0, 0.05) is 57.6 Å². The van der Waals surface area contributed by atoms with Crippen LogP contribution < -0.4 is 16.0 Å². The third-order valence-corrected chi connectivity index (χ3v) is 10.6. The normalized spacial score (nSPS) is 24.1. The molecule has 48 heavy (non-hydrogen) atoms. The highest BCUT2D eigenvalue weighted by Gasteiger charge is 2.41. The maximum absolute atomic E-state index is 13.3. The number of halogens is 1. The number of hydrogen-bond donors (Lipinski definition) is 3. The first-order chi connectivity index (χ1) is 23.2. The Bertz CT molecular complexity index is 1580. The molecule has 2 aromatic heterocycles. The predicted molar refractivity (Wildman–Crippen MR) is 190 cm³/mol. The molecule has 11 nitrogen and oxygen atoms in total. The van der Waals surface area contributed by atoms with E-state index in [0.29, 0.717) is 46.8 Å². The summed E-state index contributed by atoms with van der Waals surface area (Å²) in [6.45, 7) is 13.7. The van der Waals surface area contributed by atoms with E-state index in [9.17, 15) is 9.59 Å². The van der Waals surface area contributed by atoms with Crippen LogP contribution in [0.2, 0.25) is 5.02 Å². The molecule has 3 heterocycles. The number of benzene rings is 1. The van der Waals surface area contributed by atoms with Crippen LogP contribution in [0.4, 0.5) is 23.1 Å². The van der Waals surface area contributed by atoms with E-state index in [1.165, 1.54) is 31.8 Å². The molecule has 256 valence electrons. The third-order valence-electron chi connectivity index (χ3n) is 10.4. The summed E-state index contributed by atoms with van der Waals surface area (Å²) in [5.41, 5.74) is 2.40. The number of aromatic nitrogens is 4. The molecule has 1 aromatic carbocycles. The fraction of sp³-hybridized carbons (Fsp3) is 0.528. The number of piperazine rings is 1. The van der Waals surface area contributed by atoms with Gasteiger partial charge in [-0.25, -0.2) is 4.98 Å². The lowest BCUT2D eigenvalue weighted by atomic mass is 9.59. The van der Waals surface area contributed by atoms with Gasteiger partial charge in [0.15, 0.2) is 5.82 Å². The minimum absolute atomic E-state index is 0.264. The van der Waals surface area contributed by atoms with Gasteiger partial charge >= 0.3 is 0 Å². The van der Waals surface area contributed by atoms with E-state index in [1.54, 1.807) is 12.4 Å². The molecule has 3 fully saturated rings. The van der Waals surface area contributed by atoms with E-state index in [2.05, 4.69) is 61.2 Å². The van der Waals surface area contributed by atoms with Crippen LogP contribution in [0, 0.1) is 29.6 Å². The minimum atomic E-state index is -0.264. The zero-order chi connectivity index (χ0) is 33.6. The molecular weight excluding hydrogens is 626 g/mol. The topological polar surface area (TPSA) is 120 Å². The third kappa shape index (κ3) is 8.73. The summed E-state index contributed by atoms with van der Waals surface area (Å²) in [6, 6.07) is 7.50. The molecule has 3 aromatic rings. The van der Waals surface area contributed by atoms with Gasteiger partial charge in [0.05, 0.1) is 24.6 Å². The SMILES string of the molecule is C=CC(=O)Nc1cccc(CNc2nc(Nc3cnn(CCN4CCN(C(=O)CC5[C@H]6C[C@@H](C)C[C@H](C6)C[C@H]5C)CC4)c3)ncc2Cl)c1. The molecule has 0 radical (unpaired) electrons. The van der Waals surface area contributed by atoms with Gasteiger partial charge in [-0.15, -0.1) is 0 Å². The van der Waals surface area contributed by atoms with E-state index in [0.717, 1.165) is 74.7 Å². The highest BCUT2D eigenvalue weighted by molar-refractivity contribution is 6.32. The van der Waals surface area contributed by atoms with Crippen LogP contribution >= 0.6 is 11.6 Å². The Labute approximate surface area is 288 Å². The fourth-order valence-corrected chi connectivity index (χ4v) is 8.20. The molecule has 3 N–H and O–H groups in total. The van der Waals surface area contributed by atoms with E-state index >= 15 is 0 Å². The molecule has 3 aliphatic rings. The quantitative estimate of drug-likeness (QED) is 0.199. The molecule has 6 rings (SSSR count). The van der Waals surface area contributed by atoms with Gasteiger partial charge < -0.3 is 20.9 Å². The monoisotopic (exact) mass is 673 g/mol. The van der Waals surface area contributed by atoms with Gasteiger partial charge in [-0.05, 0) is 79.0 Å². The second-order valence-electron chi connectivity index (χ2n) is 14.0. The maximum Gasteiger partial charge on any atom is 0.247 e. The number of nitrogens with one attached hydrogen (secondary N) is 3. The number of nitrogens with zero attached hydrogens (tertiary/aromatic N) is 6. The molecule has 1 saturated heterocycles. The van der Waals surface area contributed by atoms with Gasteiger partial charge in [0.2, 0.25) is 17.8 Å². The molecule has 5 atom stereocenters.